The number of H-pyrrole nitrogens is 1. The Balaban J connectivity index is 1.52. The minimum atomic E-state index is -0.568. The molecule has 0 unspecified atom stereocenters. The number of aromatic nitrogens is 3. The number of fused-ring (bicyclic) bond motifs is 1. The van der Waals surface area contributed by atoms with Crippen LogP contribution in [0.5, 0.6) is 11.5 Å². The topological polar surface area (TPSA) is 106 Å². The van der Waals surface area contributed by atoms with E-state index in [0.29, 0.717) is 41.7 Å². The van der Waals surface area contributed by atoms with Gasteiger partial charge >= 0.3 is 0 Å². The van der Waals surface area contributed by atoms with Gasteiger partial charge in [0.2, 0.25) is 0 Å². The predicted octanol–water partition coefficient (Wildman–Crippen LogP) is 4.36. The molecule has 0 aliphatic carbocycles. The Kier molecular flexibility index (Phi) is 6.12. The van der Waals surface area contributed by atoms with Gasteiger partial charge in [0.15, 0.2) is 17.4 Å². The second-order valence-corrected chi connectivity index (χ2v) is 8.76. The first-order valence-electron chi connectivity index (χ1n) is 11.2. The van der Waals surface area contributed by atoms with E-state index >= 15 is 0 Å². The normalized spacial score (nSPS) is 15.1. The number of para-hydroxylation sites is 1. The molecule has 182 valence electrons. The molecule has 1 atom stereocenters. The largest absolute Gasteiger partial charge is 0.453 e. The van der Waals surface area contributed by atoms with Crippen molar-refractivity contribution in [3.05, 3.63) is 69.9 Å². The number of ether oxygens (including phenoxy) is 1. The maximum absolute atomic E-state index is 14.1. The zero-order chi connectivity index (χ0) is 25.4. The van der Waals surface area contributed by atoms with Crippen LogP contribution in [0, 0.1) is 17.7 Å². The lowest BCUT2D eigenvalue weighted by molar-refractivity contribution is -0.124. The average molecular weight is 506 g/mol. The van der Waals surface area contributed by atoms with Gasteiger partial charge in [0, 0.05) is 24.8 Å². The molecule has 5 rings (SSSR count). The number of amides is 1. The van der Waals surface area contributed by atoms with Crippen LogP contribution in [-0.2, 0) is 4.79 Å². The zero-order valence-electron chi connectivity index (χ0n) is 19.2. The molecule has 2 aromatic heterocycles. The number of aromatic amines is 1. The number of benzene rings is 2. The Morgan fingerprint density at radius 3 is 2.78 bits per heavy atom. The summed E-state index contributed by atoms with van der Waals surface area (Å²) < 4.78 is 21.6. The third kappa shape index (κ3) is 4.16. The maximum atomic E-state index is 14.1. The van der Waals surface area contributed by atoms with E-state index in [2.05, 4.69) is 22.0 Å². The van der Waals surface area contributed by atoms with E-state index in [1.807, 2.05) is 10.8 Å². The SMILES string of the molecule is CC#CC(=O)N1CC[C@@H](n2cc(-c3ccc(Oc4c(F)cccc4Cl)cc3)c3c(N)n[nH]c(=O)c32)C1. The van der Waals surface area contributed by atoms with Gasteiger partial charge in [-0.25, -0.2) is 9.49 Å². The van der Waals surface area contributed by atoms with Gasteiger partial charge in [-0.1, -0.05) is 35.7 Å². The molecule has 3 heterocycles. The first kappa shape index (κ1) is 23.5. The lowest BCUT2D eigenvalue weighted by atomic mass is 10.1. The smallest absolute Gasteiger partial charge is 0.298 e. The number of anilines is 1. The van der Waals surface area contributed by atoms with E-state index in [-0.39, 0.29) is 34.1 Å². The van der Waals surface area contributed by atoms with E-state index in [0.717, 1.165) is 5.56 Å². The summed E-state index contributed by atoms with van der Waals surface area (Å²) in [4.78, 5) is 26.7. The van der Waals surface area contributed by atoms with Crippen molar-refractivity contribution in [2.45, 2.75) is 19.4 Å². The molecule has 1 aliphatic heterocycles. The molecule has 8 nitrogen and oxygen atoms in total. The van der Waals surface area contributed by atoms with Crippen molar-refractivity contribution >= 4 is 34.2 Å². The Morgan fingerprint density at radius 1 is 1.28 bits per heavy atom. The fourth-order valence-corrected chi connectivity index (χ4v) is 4.68. The number of nitrogens with zero attached hydrogens (tertiary/aromatic N) is 3. The van der Waals surface area contributed by atoms with Crippen molar-refractivity contribution in [3.63, 3.8) is 0 Å². The lowest BCUT2D eigenvalue weighted by Crippen LogP contribution is -2.28. The van der Waals surface area contributed by atoms with Gasteiger partial charge in [-0.3, -0.25) is 9.59 Å². The summed E-state index contributed by atoms with van der Waals surface area (Å²) in [6, 6.07) is 11.1. The number of nitrogens with two attached hydrogens (primary N) is 1. The molecule has 1 saturated heterocycles. The van der Waals surface area contributed by atoms with E-state index < -0.39 is 5.82 Å². The van der Waals surface area contributed by atoms with Gasteiger partial charge in [-0.05, 0) is 49.1 Å². The van der Waals surface area contributed by atoms with Crippen LogP contribution in [0.4, 0.5) is 10.2 Å². The minimum Gasteiger partial charge on any atom is -0.453 e. The molecule has 0 spiro atoms. The number of halogens is 2. The average Bonchev–Trinajstić information content (AvgIpc) is 3.51. The second-order valence-electron chi connectivity index (χ2n) is 8.36. The molecule has 10 heteroatoms. The van der Waals surface area contributed by atoms with Crippen molar-refractivity contribution in [1.29, 1.82) is 0 Å². The first-order valence-corrected chi connectivity index (χ1v) is 11.6. The zero-order valence-corrected chi connectivity index (χ0v) is 20.0. The van der Waals surface area contributed by atoms with Gasteiger partial charge in [-0.2, -0.15) is 5.10 Å². The highest BCUT2D eigenvalue weighted by molar-refractivity contribution is 6.32. The minimum absolute atomic E-state index is 0.0587. The number of rotatable bonds is 4. The Hall–Kier alpha value is -4.29. The quantitative estimate of drug-likeness (QED) is 0.401. The molecule has 4 aromatic rings. The van der Waals surface area contributed by atoms with Crippen molar-refractivity contribution in [3.8, 4) is 34.5 Å². The Labute approximate surface area is 210 Å². The Bertz CT molecular complexity index is 1580. The van der Waals surface area contributed by atoms with E-state index in [1.54, 1.807) is 42.2 Å². The van der Waals surface area contributed by atoms with Crippen molar-refractivity contribution in [1.82, 2.24) is 19.7 Å². The fourth-order valence-electron chi connectivity index (χ4n) is 4.48. The summed E-state index contributed by atoms with van der Waals surface area (Å²) in [6.07, 6.45) is 2.52. The molecule has 1 aliphatic rings. The second kappa shape index (κ2) is 9.40. The molecule has 1 fully saturated rings. The van der Waals surface area contributed by atoms with Crippen molar-refractivity contribution in [2.24, 2.45) is 0 Å². The maximum Gasteiger partial charge on any atom is 0.298 e. The highest BCUT2D eigenvalue weighted by Crippen LogP contribution is 2.37. The van der Waals surface area contributed by atoms with Crippen LogP contribution in [0.15, 0.2) is 53.5 Å². The van der Waals surface area contributed by atoms with Gasteiger partial charge < -0.3 is 19.9 Å². The number of nitrogen functional groups attached to an aromatic ring is 1. The summed E-state index contributed by atoms with van der Waals surface area (Å²) in [5.74, 6) is 4.90. The first-order chi connectivity index (χ1) is 17.4. The van der Waals surface area contributed by atoms with Gasteiger partial charge in [0.25, 0.3) is 11.5 Å². The number of hydrogen-bond acceptors (Lipinski definition) is 5. The van der Waals surface area contributed by atoms with Gasteiger partial charge in [-0.15, -0.1) is 0 Å². The molecule has 0 bridgehead atoms. The highest BCUT2D eigenvalue weighted by Gasteiger charge is 2.29. The number of nitrogens with one attached hydrogen (secondary N) is 1. The third-order valence-electron chi connectivity index (χ3n) is 6.16. The Morgan fingerprint density at radius 2 is 2.06 bits per heavy atom. The number of hydrogen-bond donors (Lipinski definition) is 2. The van der Waals surface area contributed by atoms with Crippen LogP contribution < -0.4 is 16.0 Å². The van der Waals surface area contributed by atoms with Crippen molar-refractivity contribution < 1.29 is 13.9 Å². The van der Waals surface area contributed by atoms with Crippen molar-refractivity contribution in [2.75, 3.05) is 18.8 Å². The number of carbonyl (C=O) groups excluding carboxylic acids is 1. The third-order valence-corrected chi connectivity index (χ3v) is 6.46. The fraction of sp³-hybridized carbons (Fsp3) is 0.192. The van der Waals surface area contributed by atoms with Crippen LogP contribution in [0.2, 0.25) is 5.02 Å². The molecule has 3 N–H and O–H groups in total. The van der Waals surface area contributed by atoms with Crippen LogP contribution >= 0.6 is 11.6 Å². The van der Waals surface area contributed by atoms with Crippen LogP contribution in [0.1, 0.15) is 19.4 Å². The summed E-state index contributed by atoms with van der Waals surface area (Å²) in [7, 11) is 0. The van der Waals surface area contributed by atoms with Crippen LogP contribution in [0.3, 0.4) is 0 Å². The number of carbonyl (C=O) groups is 1. The molecule has 2 aromatic carbocycles. The summed E-state index contributed by atoms with van der Waals surface area (Å²) in [5.41, 5.74) is 7.67. The highest BCUT2D eigenvalue weighted by atomic mass is 35.5. The van der Waals surface area contributed by atoms with E-state index in [4.69, 9.17) is 22.1 Å². The predicted molar refractivity (Wildman–Crippen MR) is 135 cm³/mol. The van der Waals surface area contributed by atoms with E-state index in [9.17, 15) is 14.0 Å². The summed E-state index contributed by atoms with van der Waals surface area (Å²) in [5, 5.41) is 7.08. The standard InChI is InChI=1S/C26H21ClFN5O3/c1-2-4-21(34)32-12-11-16(13-32)33-14-18(22-23(33)26(35)31-30-25(22)29)15-7-9-17(10-8-15)36-24-19(27)5-3-6-20(24)28/h3,5-10,14,16H,11-13H2,1H3,(H2,29,30)(H,31,35)/t16-/m1/s1. The van der Waals surface area contributed by atoms with Crippen LogP contribution in [0.25, 0.3) is 22.0 Å². The summed E-state index contributed by atoms with van der Waals surface area (Å²) >= 11 is 6.06. The molecule has 36 heavy (non-hydrogen) atoms. The van der Waals surface area contributed by atoms with Gasteiger partial charge in [0.05, 0.1) is 16.5 Å². The van der Waals surface area contributed by atoms with Crippen LogP contribution in [-0.4, -0.2) is 38.7 Å². The molecular weight excluding hydrogens is 485 g/mol. The summed E-state index contributed by atoms with van der Waals surface area (Å²) in [6.45, 7) is 2.58. The lowest BCUT2D eigenvalue weighted by Gasteiger charge is -2.15. The van der Waals surface area contributed by atoms with E-state index in [1.165, 1.54) is 12.1 Å². The monoisotopic (exact) mass is 505 g/mol. The number of likely N-dealkylation sites (tertiary alicyclic amines) is 1. The molecule has 1 amide bonds. The molecule has 0 saturated carbocycles. The molecular formula is C26H21ClFN5O3. The van der Waals surface area contributed by atoms with Gasteiger partial charge in [0.1, 0.15) is 11.3 Å². The molecule has 0 radical (unpaired) electrons.